The summed E-state index contributed by atoms with van der Waals surface area (Å²) in [4.78, 5) is 25.0. The first-order valence-corrected chi connectivity index (χ1v) is 10.6. The first kappa shape index (κ1) is 19.7. The number of aromatic nitrogens is 3. The van der Waals surface area contributed by atoms with Crippen molar-refractivity contribution in [1.29, 1.82) is 5.26 Å². The van der Waals surface area contributed by atoms with Crippen molar-refractivity contribution in [3.63, 3.8) is 0 Å². The van der Waals surface area contributed by atoms with Crippen LogP contribution in [0.25, 0.3) is 10.9 Å². The molecule has 8 heteroatoms. The quantitative estimate of drug-likeness (QED) is 0.693. The zero-order valence-corrected chi connectivity index (χ0v) is 17.1. The largest absolute Gasteiger partial charge is 0.395 e. The Kier molecular flexibility index (Phi) is 5.14. The van der Waals surface area contributed by atoms with Crippen LogP contribution >= 0.6 is 0 Å². The summed E-state index contributed by atoms with van der Waals surface area (Å²) in [5, 5.41) is 19.9. The maximum atomic E-state index is 13.2. The smallest absolute Gasteiger partial charge is 0.261 e. The van der Waals surface area contributed by atoms with E-state index in [2.05, 4.69) is 11.0 Å². The summed E-state index contributed by atoms with van der Waals surface area (Å²) in [6.07, 6.45) is 2.41. The van der Waals surface area contributed by atoms with Gasteiger partial charge in [0.2, 0.25) is 0 Å². The van der Waals surface area contributed by atoms with Crippen molar-refractivity contribution in [2.24, 2.45) is 0 Å². The summed E-state index contributed by atoms with van der Waals surface area (Å²) in [6, 6.07) is 11.2. The molecule has 31 heavy (non-hydrogen) atoms. The number of rotatable bonds is 4. The number of nitrogens with zero attached hydrogens (tertiary/aromatic N) is 5. The SMILES string of the molecule is N#Cc1cc2c(nc1N1CCCC1c1nc3ccccc3c(=O)n1CCO)CCOC2. The highest BCUT2D eigenvalue weighted by Crippen LogP contribution is 2.37. The Hall–Kier alpha value is -3.28. The van der Waals surface area contributed by atoms with Gasteiger partial charge in [-0.3, -0.25) is 9.36 Å². The third-order valence-corrected chi connectivity index (χ3v) is 6.07. The van der Waals surface area contributed by atoms with E-state index in [1.54, 1.807) is 10.6 Å². The third kappa shape index (κ3) is 3.36. The van der Waals surface area contributed by atoms with Crippen LogP contribution in [0.3, 0.4) is 0 Å². The second kappa shape index (κ2) is 8.10. The van der Waals surface area contributed by atoms with Crippen LogP contribution in [0.5, 0.6) is 0 Å². The van der Waals surface area contributed by atoms with Crippen molar-refractivity contribution in [2.45, 2.75) is 38.5 Å². The van der Waals surface area contributed by atoms with E-state index in [4.69, 9.17) is 14.7 Å². The molecule has 2 aromatic heterocycles. The van der Waals surface area contributed by atoms with Crippen LogP contribution < -0.4 is 10.5 Å². The van der Waals surface area contributed by atoms with Gasteiger partial charge in [0.15, 0.2) is 0 Å². The highest BCUT2D eigenvalue weighted by Gasteiger charge is 2.33. The number of ether oxygens (including phenoxy) is 1. The summed E-state index contributed by atoms with van der Waals surface area (Å²) in [6.45, 7) is 1.85. The van der Waals surface area contributed by atoms with Crippen molar-refractivity contribution >= 4 is 16.7 Å². The van der Waals surface area contributed by atoms with Crippen molar-refractivity contribution in [3.8, 4) is 6.07 Å². The molecule has 1 atom stereocenters. The molecule has 0 spiro atoms. The number of aliphatic hydroxyl groups is 1. The number of hydrogen-bond donors (Lipinski definition) is 1. The Morgan fingerprint density at radius 2 is 2.16 bits per heavy atom. The molecule has 2 aliphatic rings. The zero-order valence-electron chi connectivity index (χ0n) is 17.1. The van der Waals surface area contributed by atoms with Gasteiger partial charge in [0.25, 0.3) is 5.56 Å². The molecular formula is C23H23N5O3. The molecule has 0 amide bonds. The van der Waals surface area contributed by atoms with Gasteiger partial charge < -0.3 is 14.7 Å². The van der Waals surface area contributed by atoms with Gasteiger partial charge in [0.1, 0.15) is 17.7 Å². The first-order valence-electron chi connectivity index (χ1n) is 10.6. The fraction of sp³-hybridized carbons (Fsp3) is 0.391. The van der Waals surface area contributed by atoms with E-state index in [0.717, 1.165) is 37.1 Å². The van der Waals surface area contributed by atoms with E-state index in [-0.39, 0.29) is 24.8 Å². The third-order valence-electron chi connectivity index (χ3n) is 6.07. The van der Waals surface area contributed by atoms with Crippen LogP contribution in [0.2, 0.25) is 0 Å². The van der Waals surface area contributed by atoms with E-state index in [1.807, 2.05) is 24.3 Å². The number of nitriles is 1. The van der Waals surface area contributed by atoms with Gasteiger partial charge in [0.05, 0.1) is 54.6 Å². The van der Waals surface area contributed by atoms with Crippen LogP contribution in [0.15, 0.2) is 35.1 Å². The predicted molar refractivity (Wildman–Crippen MR) is 115 cm³/mol. The number of fused-ring (bicyclic) bond motifs is 2. The van der Waals surface area contributed by atoms with Gasteiger partial charge in [-0.2, -0.15) is 5.26 Å². The summed E-state index contributed by atoms with van der Waals surface area (Å²) in [7, 11) is 0. The Bertz CT molecular complexity index is 1250. The van der Waals surface area contributed by atoms with Gasteiger partial charge in [-0.25, -0.2) is 9.97 Å². The number of hydrogen-bond acceptors (Lipinski definition) is 7. The second-order valence-electron chi connectivity index (χ2n) is 7.90. The fourth-order valence-electron chi connectivity index (χ4n) is 4.62. The van der Waals surface area contributed by atoms with Crippen molar-refractivity contribution < 1.29 is 9.84 Å². The summed E-state index contributed by atoms with van der Waals surface area (Å²) in [5.74, 6) is 1.26. The van der Waals surface area contributed by atoms with Crippen LogP contribution in [0.4, 0.5) is 5.82 Å². The highest BCUT2D eigenvalue weighted by molar-refractivity contribution is 5.77. The number of aliphatic hydroxyl groups excluding tert-OH is 1. The van der Waals surface area contributed by atoms with Gasteiger partial charge in [-0.15, -0.1) is 0 Å². The second-order valence-corrected chi connectivity index (χ2v) is 7.90. The van der Waals surface area contributed by atoms with Crippen LogP contribution in [-0.4, -0.2) is 39.4 Å². The molecule has 1 saturated heterocycles. The van der Waals surface area contributed by atoms with Gasteiger partial charge in [-0.05, 0) is 31.0 Å². The van der Waals surface area contributed by atoms with Crippen LogP contribution in [0, 0.1) is 11.3 Å². The molecule has 2 aliphatic heterocycles. The van der Waals surface area contributed by atoms with Crippen LogP contribution in [0.1, 0.15) is 41.5 Å². The molecule has 0 radical (unpaired) electrons. The average molecular weight is 417 g/mol. The van der Waals surface area contributed by atoms with Crippen molar-refractivity contribution in [2.75, 3.05) is 24.7 Å². The van der Waals surface area contributed by atoms with E-state index in [9.17, 15) is 15.2 Å². The molecule has 3 aromatic rings. The lowest BCUT2D eigenvalue weighted by molar-refractivity contribution is 0.109. The monoisotopic (exact) mass is 417 g/mol. The van der Waals surface area contributed by atoms with Crippen LogP contribution in [-0.2, 0) is 24.3 Å². The van der Waals surface area contributed by atoms with Crippen molar-refractivity contribution in [3.05, 3.63) is 63.3 Å². The maximum absolute atomic E-state index is 13.2. The Morgan fingerprint density at radius 1 is 1.29 bits per heavy atom. The molecule has 0 aliphatic carbocycles. The van der Waals surface area contributed by atoms with Gasteiger partial charge in [-0.1, -0.05) is 12.1 Å². The summed E-state index contributed by atoms with van der Waals surface area (Å²) in [5.41, 5.74) is 2.92. The number of pyridine rings is 1. The highest BCUT2D eigenvalue weighted by atomic mass is 16.5. The lowest BCUT2D eigenvalue weighted by atomic mass is 10.1. The minimum absolute atomic E-state index is 0.153. The molecule has 1 N–H and O–H groups in total. The molecule has 0 saturated carbocycles. The maximum Gasteiger partial charge on any atom is 0.261 e. The Morgan fingerprint density at radius 3 is 3.00 bits per heavy atom. The van der Waals surface area contributed by atoms with Crippen molar-refractivity contribution in [1.82, 2.24) is 14.5 Å². The fourth-order valence-corrected chi connectivity index (χ4v) is 4.62. The minimum atomic E-state index is -0.193. The predicted octanol–water partition coefficient (Wildman–Crippen LogP) is 2.07. The summed E-state index contributed by atoms with van der Waals surface area (Å²) >= 11 is 0. The Labute approximate surface area is 179 Å². The molecule has 8 nitrogen and oxygen atoms in total. The summed E-state index contributed by atoms with van der Waals surface area (Å²) < 4.78 is 7.09. The topological polar surface area (TPSA) is 104 Å². The minimum Gasteiger partial charge on any atom is -0.395 e. The Balaban J connectivity index is 1.65. The molecular weight excluding hydrogens is 394 g/mol. The molecule has 1 fully saturated rings. The molecule has 1 aromatic carbocycles. The lowest BCUT2D eigenvalue weighted by Crippen LogP contribution is -2.34. The average Bonchev–Trinajstić information content (AvgIpc) is 3.29. The van der Waals surface area contributed by atoms with E-state index in [1.165, 1.54) is 0 Å². The molecule has 5 rings (SSSR count). The van der Waals surface area contributed by atoms with E-state index < -0.39 is 0 Å². The molecule has 1 unspecified atom stereocenters. The molecule has 158 valence electrons. The lowest BCUT2D eigenvalue weighted by Gasteiger charge is -2.29. The number of benzene rings is 1. The molecule has 0 bridgehead atoms. The normalized spacial score (nSPS) is 18.2. The zero-order chi connectivity index (χ0) is 21.4. The molecule has 4 heterocycles. The van der Waals surface area contributed by atoms with E-state index in [0.29, 0.717) is 41.3 Å². The van der Waals surface area contributed by atoms with Gasteiger partial charge >= 0.3 is 0 Å². The standard InChI is InChI=1S/C23H23N5O3/c24-13-15-12-16-14-31-11-7-18(16)25-21(15)27-8-3-6-20(27)22-26-19-5-2-1-4-17(19)23(30)28(22)9-10-29/h1-2,4-5,12,20,29H,3,6-11,14H2. The van der Waals surface area contributed by atoms with Gasteiger partial charge in [0, 0.05) is 18.5 Å². The number of para-hydroxylation sites is 1. The first-order chi connectivity index (χ1) is 15.2. The van der Waals surface area contributed by atoms with E-state index >= 15 is 0 Å². The number of anilines is 1.